The smallest absolute Gasteiger partial charge is 0.224 e. The van der Waals surface area contributed by atoms with Gasteiger partial charge in [-0.1, -0.05) is 30.3 Å². The SMILES string of the molecule is CCNC(=NCc1cccc(F)c1)NCCC(=O)N1CCN(c2ccccc2)CC1.I. The third-order valence-corrected chi connectivity index (χ3v) is 5.04. The molecule has 31 heavy (non-hydrogen) atoms. The molecule has 1 aliphatic rings. The third-order valence-electron chi connectivity index (χ3n) is 5.04. The molecule has 0 atom stereocenters. The summed E-state index contributed by atoms with van der Waals surface area (Å²) in [4.78, 5) is 21.3. The average molecular weight is 539 g/mol. The third kappa shape index (κ3) is 8.01. The summed E-state index contributed by atoms with van der Waals surface area (Å²) >= 11 is 0. The van der Waals surface area contributed by atoms with Crippen molar-refractivity contribution in [2.75, 3.05) is 44.2 Å². The second-order valence-electron chi connectivity index (χ2n) is 7.21. The van der Waals surface area contributed by atoms with Crippen LogP contribution >= 0.6 is 24.0 Å². The Kier molecular flexibility index (Phi) is 10.6. The van der Waals surface area contributed by atoms with Crippen LogP contribution in [0, 0.1) is 5.82 Å². The van der Waals surface area contributed by atoms with Crippen molar-refractivity contribution in [3.63, 3.8) is 0 Å². The molecule has 1 amide bonds. The van der Waals surface area contributed by atoms with Crippen LogP contribution in [0.1, 0.15) is 18.9 Å². The number of para-hydroxylation sites is 1. The molecule has 1 aliphatic heterocycles. The highest BCUT2D eigenvalue weighted by molar-refractivity contribution is 14.0. The number of nitrogens with zero attached hydrogens (tertiary/aromatic N) is 3. The minimum Gasteiger partial charge on any atom is -0.368 e. The van der Waals surface area contributed by atoms with E-state index in [9.17, 15) is 9.18 Å². The number of anilines is 1. The number of hydrogen-bond donors (Lipinski definition) is 2. The highest BCUT2D eigenvalue weighted by Crippen LogP contribution is 2.15. The minimum absolute atomic E-state index is 0. The molecule has 0 radical (unpaired) electrons. The number of piperazine rings is 1. The molecule has 0 bridgehead atoms. The zero-order chi connectivity index (χ0) is 21.2. The van der Waals surface area contributed by atoms with Gasteiger partial charge in [0.25, 0.3) is 0 Å². The predicted molar refractivity (Wildman–Crippen MR) is 134 cm³/mol. The monoisotopic (exact) mass is 539 g/mol. The van der Waals surface area contributed by atoms with E-state index in [0.29, 0.717) is 32.0 Å². The summed E-state index contributed by atoms with van der Waals surface area (Å²) in [7, 11) is 0. The quantitative estimate of drug-likeness (QED) is 0.323. The van der Waals surface area contributed by atoms with Crippen LogP contribution in [0.25, 0.3) is 0 Å². The molecule has 2 aromatic rings. The Morgan fingerprint density at radius 2 is 1.77 bits per heavy atom. The lowest BCUT2D eigenvalue weighted by molar-refractivity contribution is -0.131. The second kappa shape index (κ2) is 13.1. The summed E-state index contributed by atoms with van der Waals surface area (Å²) in [5.41, 5.74) is 2.01. The number of aliphatic imine (C=N–C) groups is 1. The van der Waals surface area contributed by atoms with Gasteiger partial charge in [0.15, 0.2) is 5.96 Å². The molecule has 0 spiro atoms. The molecular formula is C23H31FIN5O. The van der Waals surface area contributed by atoms with Gasteiger partial charge in [0, 0.05) is 51.4 Å². The summed E-state index contributed by atoms with van der Waals surface area (Å²) in [6, 6.07) is 16.7. The van der Waals surface area contributed by atoms with Gasteiger partial charge >= 0.3 is 0 Å². The van der Waals surface area contributed by atoms with E-state index in [2.05, 4.69) is 32.7 Å². The van der Waals surface area contributed by atoms with Gasteiger partial charge in [-0.25, -0.2) is 9.38 Å². The number of hydrogen-bond acceptors (Lipinski definition) is 3. The van der Waals surface area contributed by atoms with Crippen LogP contribution in [-0.4, -0.2) is 56.0 Å². The second-order valence-corrected chi connectivity index (χ2v) is 7.21. The first kappa shape index (κ1) is 24.9. The van der Waals surface area contributed by atoms with Crippen molar-refractivity contribution in [3.05, 3.63) is 66.0 Å². The van der Waals surface area contributed by atoms with Gasteiger partial charge in [0.05, 0.1) is 6.54 Å². The topological polar surface area (TPSA) is 60.0 Å². The van der Waals surface area contributed by atoms with E-state index in [4.69, 9.17) is 0 Å². The Morgan fingerprint density at radius 1 is 1.03 bits per heavy atom. The number of benzene rings is 2. The molecule has 0 aromatic heterocycles. The maximum absolute atomic E-state index is 13.3. The number of carbonyl (C=O) groups excluding carboxylic acids is 1. The lowest BCUT2D eigenvalue weighted by Crippen LogP contribution is -2.49. The van der Waals surface area contributed by atoms with Crippen LogP contribution in [0.2, 0.25) is 0 Å². The van der Waals surface area contributed by atoms with E-state index in [1.165, 1.54) is 17.8 Å². The molecule has 1 heterocycles. The van der Waals surface area contributed by atoms with Gasteiger partial charge in [-0.05, 0) is 36.8 Å². The van der Waals surface area contributed by atoms with Gasteiger partial charge in [0.1, 0.15) is 5.82 Å². The van der Waals surface area contributed by atoms with Gasteiger partial charge < -0.3 is 20.4 Å². The first-order chi connectivity index (χ1) is 14.7. The Morgan fingerprint density at radius 3 is 2.45 bits per heavy atom. The van der Waals surface area contributed by atoms with E-state index < -0.39 is 0 Å². The highest BCUT2D eigenvalue weighted by Gasteiger charge is 2.20. The van der Waals surface area contributed by atoms with Crippen molar-refractivity contribution in [2.45, 2.75) is 19.9 Å². The fourth-order valence-electron chi connectivity index (χ4n) is 3.45. The summed E-state index contributed by atoms with van der Waals surface area (Å²) < 4.78 is 13.3. The van der Waals surface area contributed by atoms with E-state index in [1.807, 2.05) is 36.1 Å². The normalized spacial score (nSPS) is 14.1. The predicted octanol–water partition coefficient (Wildman–Crippen LogP) is 3.24. The van der Waals surface area contributed by atoms with E-state index >= 15 is 0 Å². The highest BCUT2D eigenvalue weighted by atomic mass is 127. The van der Waals surface area contributed by atoms with Crippen molar-refractivity contribution >= 4 is 41.5 Å². The standard InChI is InChI=1S/C23H30FN5O.HI/c1-2-25-23(27-18-19-7-6-8-20(24)17-19)26-12-11-22(30)29-15-13-28(14-16-29)21-9-4-3-5-10-21;/h3-10,17H,2,11-16,18H2,1H3,(H2,25,26,27);1H. The molecule has 0 unspecified atom stereocenters. The zero-order valence-corrected chi connectivity index (χ0v) is 20.2. The molecule has 168 valence electrons. The number of amides is 1. The van der Waals surface area contributed by atoms with Crippen molar-refractivity contribution < 1.29 is 9.18 Å². The Labute approximate surface area is 200 Å². The molecule has 3 rings (SSSR count). The van der Waals surface area contributed by atoms with E-state index in [-0.39, 0.29) is 35.7 Å². The van der Waals surface area contributed by atoms with Crippen LogP contribution in [0.4, 0.5) is 10.1 Å². The molecule has 8 heteroatoms. The molecule has 2 aromatic carbocycles. The Bertz CT molecular complexity index is 841. The summed E-state index contributed by atoms with van der Waals surface area (Å²) in [6.45, 7) is 6.75. The first-order valence-corrected chi connectivity index (χ1v) is 10.5. The molecule has 0 aliphatic carbocycles. The van der Waals surface area contributed by atoms with Crippen molar-refractivity contribution in [1.82, 2.24) is 15.5 Å². The number of rotatable bonds is 7. The molecular weight excluding hydrogens is 508 g/mol. The fourth-order valence-corrected chi connectivity index (χ4v) is 3.45. The van der Waals surface area contributed by atoms with Gasteiger partial charge in [-0.15, -0.1) is 24.0 Å². The molecule has 2 N–H and O–H groups in total. The minimum atomic E-state index is -0.265. The molecule has 0 saturated carbocycles. The Hall–Kier alpha value is -2.36. The van der Waals surface area contributed by atoms with Gasteiger partial charge in [-0.3, -0.25) is 4.79 Å². The lowest BCUT2D eigenvalue weighted by atomic mass is 10.2. The largest absolute Gasteiger partial charge is 0.368 e. The number of carbonyl (C=O) groups is 1. The van der Waals surface area contributed by atoms with Gasteiger partial charge in [-0.2, -0.15) is 0 Å². The summed E-state index contributed by atoms with van der Waals surface area (Å²) in [5, 5.41) is 6.36. The molecule has 1 fully saturated rings. The summed E-state index contributed by atoms with van der Waals surface area (Å²) in [6.07, 6.45) is 0.412. The van der Waals surface area contributed by atoms with E-state index in [0.717, 1.165) is 31.7 Å². The van der Waals surface area contributed by atoms with Crippen LogP contribution in [0.5, 0.6) is 0 Å². The fraction of sp³-hybridized carbons (Fsp3) is 0.391. The maximum Gasteiger partial charge on any atom is 0.224 e. The lowest BCUT2D eigenvalue weighted by Gasteiger charge is -2.36. The van der Waals surface area contributed by atoms with Crippen molar-refractivity contribution in [3.8, 4) is 0 Å². The number of guanidine groups is 1. The van der Waals surface area contributed by atoms with Gasteiger partial charge in [0.2, 0.25) is 5.91 Å². The zero-order valence-electron chi connectivity index (χ0n) is 17.9. The summed E-state index contributed by atoms with van der Waals surface area (Å²) in [5.74, 6) is 0.512. The maximum atomic E-state index is 13.3. The van der Waals surface area contributed by atoms with Crippen LogP contribution < -0.4 is 15.5 Å². The molecule has 6 nitrogen and oxygen atoms in total. The first-order valence-electron chi connectivity index (χ1n) is 10.5. The van der Waals surface area contributed by atoms with Crippen LogP contribution in [-0.2, 0) is 11.3 Å². The average Bonchev–Trinajstić information content (AvgIpc) is 2.78. The van der Waals surface area contributed by atoms with Crippen LogP contribution in [0.15, 0.2) is 59.6 Å². The van der Waals surface area contributed by atoms with Crippen molar-refractivity contribution in [1.29, 1.82) is 0 Å². The number of halogens is 2. The molecule has 1 saturated heterocycles. The number of nitrogens with one attached hydrogen (secondary N) is 2. The van der Waals surface area contributed by atoms with Crippen molar-refractivity contribution in [2.24, 2.45) is 4.99 Å². The van der Waals surface area contributed by atoms with Crippen LogP contribution in [0.3, 0.4) is 0 Å². The Balaban J connectivity index is 0.00000341. The van der Waals surface area contributed by atoms with E-state index in [1.54, 1.807) is 6.07 Å².